The van der Waals surface area contributed by atoms with Crippen molar-refractivity contribution in [1.29, 1.82) is 0 Å². The summed E-state index contributed by atoms with van der Waals surface area (Å²) in [6.45, 7) is 5.08. The molecule has 1 N–H and O–H groups in total. The average molecular weight is 520 g/mol. The minimum absolute atomic E-state index is 0. The molecule has 1 aromatic carbocycles. The molecule has 1 fully saturated rings. The Bertz CT molecular complexity index is 1220. The van der Waals surface area contributed by atoms with Crippen LogP contribution in [0.3, 0.4) is 0 Å². The van der Waals surface area contributed by atoms with Crippen molar-refractivity contribution in [3.63, 3.8) is 0 Å². The zero-order chi connectivity index (χ0) is 22.1. The van der Waals surface area contributed by atoms with E-state index in [-0.39, 0.29) is 43.2 Å². The number of amides is 2. The lowest BCUT2D eigenvalue weighted by Crippen LogP contribution is -2.51. The molecule has 0 saturated carbocycles. The van der Waals surface area contributed by atoms with Crippen LogP contribution >= 0.6 is 36.6 Å². The predicted octanol–water partition coefficient (Wildman–Crippen LogP) is 3.65. The molecule has 1 saturated heterocycles. The van der Waals surface area contributed by atoms with Crippen molar-refractivity contribution >= 4 is 65.8 Å². The van der Waals surface area contributed by atoms with Gasteiger partial charge in [0.05, 0.1) is 28.4 Å². The zero-order valence-corrected chi connectivity index (χ0v) is 21.2. The number of benzene rings is 1. The highest BCUT2D eigenvalue weighted by Gasteiger charge is 2.24. The molecule has 0 bridgehead atoms. The van der Waals surface area contributed by atoms with Crippen LogP contribution in [0, 0.1) is 0 Å². The summed E-state index contributed by atoms with van der Waals surface area (Å²) < 4.78 is 2.02. The van der Waals surface area contributed by atoms with Crippen LogP contribution in [-0.4, -0.2) is 58.8 Å². The molecule has 2 aliphatic heterocycles. The number of hydrogen-bond acceptors (Lipinski definition) is 5. The van der Waals surface area contributed by atoms with E-state index in [2.05, 4.69) is 46.4 Å². The number of nitrogens with zero attached hydrogens (tertiary/aromatic N) is 4. The van der Waals surface area contributed by atoms with Gasteiger partial charge in [0.25, 0.3) is 5.91 Å². The van der Waals surface area contributed by atoms with Crippen molar-refractivity contribution in [2.24, 2.45) is 0 Å². The van der Waals surface area contributed by atoms with Gasteiger partial charge in [0.15, 0.2) is 0 Å². The monoisotopic (exact) mass is 519 g/mol. The number of halogens is 2. The molecule has 3 aromatic rings. The minimum Gasteiger partial charge on any atom is -0.368 e. The van der Waals surface area contributed by atoms with E-state index in [0.717, 1.165) is 35.9 Å². The number of thioether (sulfide) groups is 1. The molecular formula is C24H27Cl2N5O2S. The molecule has 2 aromatic heterocycles. The van der Waals surface area contributed by atoms with Gasteiger partial charge in [-0.25, -0.2) is 4.98 Å². The molecule has 5 rings (SSSR count). The highest BCUT2D eigenvalue weighted by atomic mass is 35.5. The number of carbonyl (C=O) groups excluding carboxylic acids is 2. The highest BCUT2D eigenvalue weighted by Crippen LogP contribution is 2.34. The molecule has 0 unspecified atom stereocenters. The quantitative estimate of drug-likeness (QED) is 0.557. The zero-order valence-electron chi connectivity index (χ0n) is 18.8. The molecule has 0 aliphatic carbocycles. The highest BCUT2D eigenvalue weighted by molar-refractivity contribution is 8.04. The van der Waals surface area contributed by atoms with E-state index in [0.29, 0.717) is 18.0 Å². The molecular weight excluding hydrogens is 493 g/mol. The Morgan fingerprint density at radius 1 is 1.03 bits per heavy atom. The van der Waals surface area contributed by atoms with Crippen molar-refractivity contribution in [2.45, 2.75) is 18.4 Å². The molecule has 180 valence electrons. The van der Waals surface area contributed by atoms with Crippen LogP contribution in [0.15, 0.2) is 58.6 Å². The summed E-state index contributed by atoms with van der Waals surface area (Å²) in [5.74, 6) is -0.279. The first-order valence-corrected chi connectivity index (χ1v) is 11.7. The number of para-hydroxylation sites is 1. The van der Waals surface area contributed by atoms with Crippen LogP contribution < -0.4 is 10.2 Å². The normalized spacial score (nSPS) is 14.7. The number of carbonyl (C=O) groups is 2. The van der Waals surface area contributed by atoms with Gasteiger partial charge in [-0.05, 0) is 36.3 Å². The van der Waals surface area contributed by atoms with Crippen molar-refractivity contribution in [2.75, 3.05) is 37.6 Å². The van der Waals surface area contributed by atoms with Crippen LogP contribution in [-0.2, 0) is 16.0 Å². The Morgan fingerprint density at radius 2 is 1.79 bits per heavy atom. The van der Waals surface area contributed by atoms with Gasteiger partial charge in [-0.1, -0.05) is 43.0 Å². The molecule has 2 amide bonds. The van der Waals surface area contributed by atoms with E-state index in [4.69, 9.17) is 0 Å². The molecule has 0 spiro atoms. The maximum atomic E-state index is 12.7. The first kappa shape index (κ1) is 25.9. The van der Waals surface area contributed by atoms with Crippen LogP contribution in [0.1, 0.15) is 18.2 Å². The lowest BCUT2D eigenvalue weighted by atomic mass is 10.1. The number of piperazine rings is 1. The topological polar surface area (TPSA) is 69.9 Å². The van der Waals surface area contributed by atoms with E-state index < -0.39 is 0 Å². The standard InChI is InChI=1S/C24H25N5O2S.2ClH/c1-2-17-6-3-4-7-19(17)27-10-12-28(13-11-27)22(30)16-26-24(31)20-14-18-15-25-21-8-5-9-23(32-20)29(18)21;;/h3-9,14-15H,2,10-13,16H2,1H3,(H,26,31);2*1H. The van der Waals surface area contributed by atoms with Crippen LogP contribution in [0.25, 0.3) is 11.7 Å². The van der Waals surface area contributed by atoms with Crippen molar-refractivity contribution < 1.29 is 9.59 Å². The first-order valence-electron chi connectivity index (χ1n) is 10.9. The number of aryl methyl sites for hydroxylation is 1. The van der Waals surface area contributed by atoms with Gasteiger partial charge in [-0.3, -0.25) is 14.0 Å². The summed E-state index contributed by atoms with van der Waals surface area (Å²) in [4.78, 5) is 34.6. The molecule has 2 aliphatic rings. The number of rotatable bonds is 5. The van der Waals surface area contributed by atoms with Crippen molar-refractivity contribution in [1.82, 2.24) is 19.6 Å². The van der Waals surface area contributed by atoms with Gasteiger partial charge >= 0.3 is 0 Å². The smallest absolute Gasteiger partial charge is 0.258 e. The van der Waals surface area contributed by atoms with E-state index in [1.807, 2.05) is 33.6 Å². The number of nitrogens with one attached hydrogen (secondary N) is 1. The molecule has 34 heavy (non-hydrogen) atoms. The van der Waals surface area contributed by atoms with Crippen LogP contribution in [0.4, 0.5) is 5.69 Å². The third kappa shape index (κ3) is 5.04. The summed E-state index contributed by atoms with van der Waals surface area (Å²) in [7, 11) is 0. The Kier molecular flexibility index (Phi) is 8.52. The van der Waals surface area contributed by atoms with E-state index in [9.17, 15) is 9.59 Å². The Balaban J connectivity index is 0.00000162. The van der Waals surface area contributed by atoms with Gasteiger partial charge in [0, 0.05) is 31.9 Å². The van der Waals surface area contributed by atoms with Gasteiger partial charge in [-0.15, -0.1) is 24.8 Å². The fourth-order valence-corrected chi connectivity index (χ4v) is 5.28. The number of aromatic nitrogens is 2. The molecule has 4 heterocycles. The molecule has 0 atom stereocenters. The molecule has 10 heteroatoms. The lowest BCUT2D eigenvalue weighted by Gasteiger charge is -2.37. The summed E-state index contributed by atoms with van der Waals surface area (Å²) in [5, 5.41) is 3.75. The number of hydrogen-bond donors (Lipinski definition) is 1. The number of anilines is 1. The predicted molar refractivity (Wildman–Crippen MR) is 141 cm³/mol. The van der Waals surface area contributed by atoms with Crippen LogP contribution in [0.2, 0.25) is 0 Å². The molecule has 7 nitrogen and oxygen atoms in total. The fourth-order valence-electron chi connectivity index (χ4n) is 4.27. The summed E-state index contributed by atoms with van der Waals surface area (Å²) in [5.41, 5.74) is 4.31. The maximum absolute atomic E-state index is 12.7. The SMILES string of the molecule is CCc1ccccc1N1CCN(C(=O)CNC(=O)C2=Cc3cnc4cccc(n34)S2)CC1.Cl.Cl. The Morgan fingerprint density at radius 3 is 2.56 bits per heavy atom. The van der Waals surface area contributed by atoms with E-state index in [1.54, 1.807) is 6.20 Å². The van der Waals surface area contributed by atoms with Gasteiger partial charge in [-0.2, -0.15) is 0 Å². The lowest BCUT2D eigenvalue weighted by molar-refractivity contribution is -0.132. The summed E-state index contributed by atoms with van der Waals surface area (Å²) in [6, 6.07) is 14.3. The Labute approximate surface area is 215 Å². The number of pyridine rings is 1. The van der Waals surface area contributed by atoms with Gasteiger partial charge in [0.1, 0.15) is 5.65 Å². The average Bonchev–Trinajstić information content (AvgIpc) is 3.27. The van der Waals surface area contributed by atoms with E-state index in [1.165, 1.54) is 23.0 Å². The third-order valence-electron chi connectivity index (χ3n) is 5.98. The van der Waals surface area contributed by atoms with E-state index >= 15 is 0 Å². The minimum atomic E-state index is -0.233. The largest absolute Gasteiger partial charge is 0.368 e. The Hall–Kier alpha value is -2.68. The first-order chi connectivity index (χ1) is 15.6. The molecule has 0 radical (unpaired) electrons. The van der Waals surface area contributed by atoms with Crippen LogP contribution in [0.5, 0.6) is 0 Å². The summed E-state index contributed by atoms with van der Waals surface area (Å²) in [6.07, 6.45) is 4.57. The van der Waals surface area contributed by atoms with Crippen molar-refractivity contribution in [3.05, 3.63) is 64.8 Å². The maximum Gasteiger partial charge on any atom is 0.258 e. The number of imidazole rings is 1. The second kappa shape index (κ2) is 11.2. The fraction of sp³-hybridized carbons (Fsp3) is 0.292. The summed E-state index contributed by atoms with van der Waals surface area (Å²) >= 11 is 1.39. The second-order valence-electron chi connectivity index (χ2n) is 7.88. The van der Waals surface area contributed by atoms with Crippen molar-refractivity contribution in [3.8, 4) is 0 Å². The van der Waals surface area contributed by atoms with Gasteiger partial charge < -0.3 is 15.1 Å². The second-order valence-corrected chi connectivity index (χ2v) is 8.95. The van der Waals surface area contributed by atoms with Gasteiger partial charge in [0.2, 0.25) is 5.91 Å². The third-order valence-corrected chi connectivity index (χ3v) is 7.03.